The molecule has 2 atom stereocenters. The van der Waals surface area contributed by atoms with Crippen molar-refractivity contribution in [1.82, 2.24) is 14.8 Å². The number of nitrogens with one attached hydrogen (secondary N) is 1. The molecular formula is C29H35N3O. The maximum Gasteiger partial charge on any atom is 0.254 e. The Morgan fingerprint density at radius 3 is 2.30 bits per heavy atom. The van der Waals surface area contributed by atoms with Gasteiger partial charge < -0.3 is 9.88 Å². The minimum Gasteiger partial charge on any atom is -0.364 e. The van der Waals surface area contributed by atoms with E-state index in [-0.39, 0.29) is 5.91 Å². The van der Waals surface area contributed by atoms with Crippen LogP contribution >= 0.6 is 0 Å². The number of aromatic nitrogens is 1. The van der Waals surface area contributed by atoms with Crippen molar-refractivity contribution in [3.63, 3.8) is 0 Å². The molecular weight excluding hydrogens is 406 g/mol. The van der Waals surface area contributed by atoms with Crippen molar-refractivity contribution in [3.05, 3.63) is 95.8 Å². The predicted molar refractivity (Wildman–Crippen MR) is 133 cm³/mol. The summed E-state index contributed by atoms with van der Waals surface area (Å²) in [5, 5.41) is 0. The molecule has 0 bridgehead atoms. The van der Waals surface area contributed by atoms with Crippen molar-refractivity contribution in [2.45, 2.75) is 50.6 Å². The van der Waals surface area contributed by atoms with Crippen molar-refractivity contribution in [1.29, 1.82) is 0 Å². The number of nitrogens with zero attached hydrogens (tertiary/aromatic N) is 2. The second-order valence-corrected chi connectivity index (χ2v) is 9.78. The summed E-state index contributed by atoms with van der Waals surface area (Å²) in [6.07, 6.45) is 8.02. The number of carbonyl (C=O) groups excluding carboxylic acids is 1. The van der Waals surface area contributed by atoms with Crippen LogP contribution in [0.3, 0.4) is 0 Å². The van der Waals surface area contributed by atoms with E-state index in [9.17, 15) is 4.79 Å². The van der Waals surface area contributed by atoms with Crippen LogP contribution < -0.4 is 0 Å². The lowest BCUT2D eigenvalue weighted by atomic mass is 9.87. The van der Waals surface area contributed by atoms with Gasteiger partial charge in [0.2, 0.25) is 0 Å². The van der Waals surface area contributed by atoms with Gasteiger partial charge in [-0.15, -0.1) is 0 Å². The van der Waals surface area contributed by atoms with E-state index < -0.39 is 0 Å². The van der Waals surface area contributed by atoms with Crippen molar-refractivity contribution >= 4 is 5.91 Å². The molecule has 172 valence electrons. The first kappa shape index (κ1) is 22.0. The van der Waals surface area contributed by atoms with Gasteiger partial charge in [0.25, 0.3) is 5.91 Å². The van der Waals surface area contributed by atoms with Crippen molar-refractivity contribution in [3.8, 4) is 0 Å². The van der Waals surface area contributed by atoms with Crippen LogP contribution in [0.1, 0.15) is 59.6 Å². The molecule has 4 heteroatoms. The predicted octanol–water partition coefficient (Wildman–Crippen LogP) is 5.71. The van der Waals surface area contributed by atoms with Crippen LogP contribution in [0.2, 0.25) is 0 Å². The normalized spacial score (nSPS) is 21.8. The van der Waals surface area contributed by atoms with Gasteiger partial charge in [0, 0.05) is 55.6 Å². The lowest BCUT2D eigenvalue weighted by Crippen LogP contribution is -2.45. The molecule has 2 aromatic carbocycles. The zero-order chi connectivity index (χ0) is 22.5. The molecule has 4 nitrogen and oxygen atoms in total. The lowest BCUT2D eigenvalue weighted by molar-refractivity contribution is 0.0588. The molecule has 0 unspecified atom stereocenters. The molecule has 2 aliphatic rings. The molecule has 2 heterocycles. The number of carbonyl (C=O) groups is 1. The van der Waals surface area contributed by atoms with E-state index in [4.69, 9.17) is 0 Å². The Labute approximate surface area is 197 Å². The van der Waals surface area contributed by atoms with Crippen molar-refractivity contribution in [2.24, 2.45) is 5.92 Å². The molecule has 2 fully saturated rings. The highest BCUT2D eigenvalue weighted by atomic mass is 16.2. The first-order valence-corrected chi connectivity index (χ1v) is 12.5. The molecule has 1 aliphatic heterocycles. The van der Waals surface area contributed by atoms with E-state index in [0.29, 0.717) is 17.9 Å². The van der Waals surface area contributed by atoms with Gasteiger partial charge in [-0.1, -0.05) is 67.8 Å². The van der Waals surface area contributed by atoms with Gasteiger partial charge in [0.1, 0.15) is 0 Å². The molecule has 33 heavy (non-hydrogen) atoms. The average Bonchev–Trinajstić information content (AvgIpc) is 3.54. The van der Waals surface area contributed by atoms with E-state index in [1.165, 1.54) is 30.5 Å². The van der Waals surface area contributed by atoms with Gasteiger partial charge in [-0.2, -0.15) is 0 Å². The van der Waals surface area contributed by atoms with E-state index in [1.54, 1.807) is 0 Å². The summed E-state index contributed by atoms with van der Waals surface area (Å²) in [7, 11) is 0. The second kappa shape index (κ2) is 10.4. The maximum absolute atomic E-state index is 13.7. The molecule has 1 aliphatic carbocycles. The summed E-state index contributed by atoms with van der Waals surface area (Å²) in [5.74, 6) is 1.07. The highest BCUT2D eigenvalue weighted by Gasteiger charge is 2.37. The number of hydrogen-bond donors (Lipinski definition) is 1. The highest BCUT2D eigenvalue weighted by molar-refractivity contribution is 5.94. The smallest absolute Gasteiger partial charge is 0.254 e. The van der Waals surface area contributed by atoms with E-state index in [0.717, 1.165) is 44.6 Å². The third-order valence-electron chi connectivity index (χ3n) is 7.53. The summed E-state index contributed by atoms with van der Waals surface area (Å²) in [4.78, 5) is 21.9. The Hall–Kier alpha value is -2.85. The quantitative estimate of drug-likeness (QED) is 0.510. The van der Waals surface area contributed by atoms with Gasteiger partial charge in [0.05, 0.1) is 0 Å². The zero-order valence-electron chi connectivity index (χ0n) is 19.4. The first-order valence-electron chi connectivity index (χ1n) is 12.5. The van der Waals surface area contributed by atoms with Crippen molar-refractivity contribution in [2.75, 3.05) is 19.6 Å². The van der Waals surface area contributed by atoms with Crippen LogP contribution in [0.15, 0.2) is 79.0 Å². The molecule has 0 spiro atoms. The largest absolute Gasteiger partial charge is 0.364 e. The zero-order valence-corrected chi connectivity index (χ0v) is 19.4. The summed E-state index contributed by atoms with van der Waals surface area (Å²) in [5.41, 5.74) is 3.47. The van der Waals surface area contributed by atoms with Gasteiger partial charge >= 0.3 is 0 Å². The fourth-order valence-electron chi connectivity index (χ4n) is 5.85. The minimum atomic E-state index is 0.206. The Morgan fingerprint density at radius 2 is 1.61 bits per heavy atom. The van der Waals surface area contributed by atoms with Crippen LogP contribution in [0.4, 0.5) is 0 Å². The van der Waals surface area contributed by atoms with E-state index in [2.05, 4.69) is 57.2 Å². The Balaban J connectivity index is 1.40. The SMILES string of the molecule is O=C(c1ccccc1)N(C[C@H]1CN(Cc2ccc[nH]2)C[C@H]1c1ccccc1)C1CCCCC1. The number of benzene rings is 2. The fourth-order valence-corrected chi connectivity index (χ4v) is 5.85. The highest BCUT2D eigenvalue weighted by Crippen LogP contribution is 2.36. The topological polar surface area (TPSA) is 39.3 Å². The first-order chi connectivity index (χ1) is 16.3. The van der Waals surface area contributed by atoms with Crippen LogP contribution in [0.25, 0.3) is 0 Å². The Kier molecular flexibility index (Phi) is 6.92. The standard InChI is InChI=1S/C29H35N3O/c33-29(24-13-6-2-7-14-24)32(27-16-8-3-9-17-27)20-25-19-31(21-26-15-10-18-30-26)22-28(25)23-11-4-1-5-12-23/h1-2,4-7,10-15,18,25,27-28,30H,3,8-9,16-17,19-22H2/t25-,28+/m1/s1. The lowest BCUT2D eigenvalue weighted by Gasteiger charge is -2.37. The van der Waals surface area contributed by atoms with Crippen molar-refractivity contribution < 1.29 is 4.79 Å². The van der Waals surface area contributed by atoms with Crippen LogP contribution in [-0.4, -0.2) is 46.4 Å². The minimum absolute atomic E-state index is 0.206. The van der Waals surface area contributed by atoms with E-state index in [1.807, 2.05) is 36.5 Å². The average molecular weight is 442 g/mol. The molecule has 1 aromatic heterocycles. The van der Waals surface area contributed by atoms with Gasteiger partial charge in [-0.3, -0.25) is 9.69 Å². The van der Waals surface area contributed by atoms with Crippen LogP contribution in [0.5, 0.6) is 0 Å². The molecule has 1 saturated carbocycles. The molecule has 0 radical (unpaired) electrons. The number of likely N-dealkylation sites (tertiary alicyclic amines) is 1. The van der Waals surface area contributed by atoms with E-state index >= 15 is 0 Å². The molecule has 3 aromatic rings. The maximum atomic E-state index is 13.7. The summed E-state index contributed by atoms with van der Waals surface area (Å²) < 4.78 is 0. The summed E-state index contributed by atoms with van der Waals surface area (Å²) >= 11 is 0. The third kappa shape index (κ3) is 5.22. The van der Waals surface area contributed by atoms with Crippen LogP contribution in [0, 0.1) is 5.92 Å². The summed E-state index contributed by atoms with van der Waals surface area (Å²) in [6.45, 7) is 3.82. The third-order valence-corrected chi connectivity index (χ3v) is 7.53. The fraction of sp³-hybridized carbons (Fsp3) is 0.414. The molecule has 1 amide bonds. The molecule has 1 saturated heterocycles. The second-order valence-electron chi connectivity index (χ2n) is 9.78. The Bertz CT molecular complexity index is 996. The monoisotopic (exact) mass is 441 g/mol. The van der Waals surface area contributed by atoms with Gasteiger partial charge in [-0.05, 0) is 48.6 Å². The number of amides is 1. The van der Waals surface area contributed by atoms with Gasteiger partial charge in [0.15, 0.2) is 0 Å². The molecule has 1 N–H and O–H groups in total. The number of aromatic amines is 1. The van der Waals surface area contributed by atoms with Crippen LogP contribution in [-0.2, 0) is 6.54 Å². The number of H-pyrrole nitrogens is 1. The molecule has 5 rings (SSSR count). The summed E-state index contributed by atoms with van der Waals surface area (Å²) in [6, 6.07) is 25.4. The number of rotatable bonds is 7. The number of hydrogen-bond acceptors (Lipinski definition) is 2. The van der Waals surface area contributed by atoms with Gasteiger partial charge in [-0.25, -0.2) is 0 Å². The Morgan fingerprint density at radius 1 is 0.879 bits per heavy atom.